The average molecular weight is 493 g/mol. The van der Waals surface area contributed by atoms with E-state index in [1.165, 1.54) is 0 Å². The number of para-hydroxylation sites is 1. The molecule has 4 rings (SSSR count). The van der Waals surface area contributed by atoms with Gasteiger partial charge in [0.25, 0.3) is 11.8 Å². The van der Waals surface area contributed by atoms with E-state index in [1.807, 2.05) is 55.5 Å². The maximum atomic E-state index is 12.7. The molecule has 4 aromatic carbocycles. The van der Waals surface area contributed by atoms with Crippen molar-refractivity contribution in [3.8, 4) is 0 Å². The van der Waals surface area contributed by atoms with Crippen LogP contribution < -0.4 is 20.9 Å². The molecule has 0 saturated carbocycles. The van der Waals surface area contributed by atoms with E-state index in [9.17, 15) is 14.4 Å². The predicted molar refractivity (Wildman–Crippen MR) is 148 cm³/mol. The molecule has 0 unspecified atom stereocenters. The normalized spacial score (nSPS) is 10.3. The predicted octanol–water partition coefficient (Wildman–Crippen LogP) is 5.57. The molecule has 0 saturated heterocycles. The standard InChI is InChI=1S/C30H28N4O3/c1-21-7-6-8-23(19-21)29(36)33-26-17-15-25(16-18-26)32-28(35)20-31-24-13-11-22(12-14-24)30(37)34(2)27-9-4-3-5-10-27/h3-19,31H,20H2,1-2H3,(H,32,35)(H,33,36). The molecule has 186 valence electrons. The molecule has 0 aliphatic carbocycles. The Kier molecular flexibility index (Phi) is 7.95. The second kappa shape index (κ2) is 11.7. The molecule has 0 aliphatic heterocycles. The second-order valence-corrected chi connectivity index (χ2v) is 8.58. The van der Waals surface area contributed by atoms with Gasteiger partial charge in [-0.05, 0) is 79.7 Å². The van der Waals surface area contributed by atoms with Crippen LogP contribution in [-0.2, 0) is 4.79 Å². The Morgan fingerprint density at radius 2 is 1.30 bits per heavy atom. The fraction of sp³-hybridized carbons (Fsp3) is 0.100. The van der Waals surface area contributed by atoms with Gasteiger partial charge < -0.3 is 20.9 Å². The third-order valence-electron chi connectivity index (χ3n) is 5.74. The van der Waals surface area contributed by atoms with Crippen LogP contribution in [0.3, 0.4) is 0 Å². The number of hydrogen-bond acceptors (Lipinski definition) is 4. The van der Waals surface area contributed by atoms with Crippen molar-refractivity contribution in [2.24, 2.45) is 0 Å². The van der Waals surface area contributed by atoms with Crippen molar-refractivity contribution in [1.82, 2.24) is 0 Å². The zero-order valence-electron chi connectivity index (χ0n) is 20.7. The number of hydrogen-bond donors (Lipinski definition) is 3. The van der Waals surface area contributed by atoms with E-state index in [1.54, 1.807) is 66.5 Å². The lowest BCUT2D eigenvalue weighted by Gasteiger charge is -2.17. The third kappa shape index (κ3) is 6.82. The van der Waals surface area contributed by atoms with E-state index in [2.05, 4.69) is 16.0 Å². The summed E-state index contributed by atoms with van der Waals surface area (Å²) in [6.45, 7) is 1.99. The van der Waals surface area contributed by atoms with Crippen LogP contribution in [0.25, 0.3) is 0 Å². The second-order valence-electron chi connectivity index (χ2n) is 8.58. The minimum atomic E-state index is -0.222. The highest BCUT2D eigenvalue weighted by molar-refractivity contribution is 6.06. The van der Waals surface area contributed by atoms with Crippen LogP contribution in [0.15, 0.2) is 103 Å². The molecule has 7 nitrogen and oxygen atoms in total. The lowest BCUT2D eigenvalue weighted by molar-refractivity contribution is -0.114. The van der Waals surface area contributed by atoms with Crippen LogP contribution in [-0.4, -0.2) is 31.3 Å². The minimum Gasteiger partial charge on any atom is -0.376 e. The molecule has 0 aliphatic rings. The van der Waals surface area contributed by atoms with E-state index in [4.69, 9.17) is 0 Å². The summed E-state index contributed by atoms with van der Waals surface area (Å²) in [5, 5.41) is 8.73. The largest absolute Gasteiger partial charge is 0.376 e. The van der Waals surface area contributed by atoms with Crippen LogP contribution in [0.1, 0.15) is 26.3 Å². The van der Waals surface area contributed by atoms with Gasteiger partial charge in [0.2, 0.25) is 5.91 Å². The molecule has 0 radical (unpaired) electrons. The first-order valence-electron chi connectivity index (χ1n) is 11.8. The van der Waals surface area contributed by atoms with Crippen LogP contribution in [0, 0.1) is 6.92 Å². The third-order valence-corrected chi connectivity index (χ3v) is 5.74. The van der Waals surface area contributed by atoms with Gasteiger partial charge in [-0.3, -0.25) is 14.4 Å². The lowest BCUT2D eigenvalue weighted by atomic mass is 10.1. The van der Waals surface area contributed by atoms with Gasteiger partial charge in [0.05, 0.1) is 6.54 Å². The number of aryl methyl sites for hydroxylation is 1. The molecule has 0 aromatic heterocycles. The van der Waals surface area contributed by atoms with Gasteiger partial charge in [0.15, 0.2) is 0 Å². The first kappa shape index (κ1) is 25.2. The molecule has 4 aromatic rings. The summed E-state index contributed by atoms with van der Waals surface area (Å²) >= 11 is 0. The first-order chi connectivity index (χ1) is 17.9. The van der Waals surface area contributed by atoms with Crippen molar-refractivity contribution in [3.05, 3.63) is 120 Å². The van der Waals surface area contributed by atoms with Crippen molar-refractivity contribution >= 4 is 40.5 Å². The highest BCUT2D eigenvalue weighted by Crippen LogP contribution is 2.18. The van der Waals surface area contributed by atoms with E-state index in [0.29, 0.717) is 22.5 Å². The molecule has 0 spiro atoms. The lowest BCUT2D eigenvalue weighted by Crippen LogP contribution is -2.26. The van der Waals surface area contributed by atoms with Gasteiger partial charge in [0, 0.05) is 40.9 Å². The zero-order valence-corrected chi connectivity index (χ0v) is 20.7. The number of rotatable bonds is 8. The zero-order chi connectivity index (χ0) is 26.2. The van der Waals surface area contributed by atoms with Crippen LogP contribution in [0.4, 0.5) is 22.7 Å². The highest BCUT2D eigenvalue weighted by Gasteiger charge is 2.13. The van der Waals surface area contributed by atoms with Crippen molar-refractivity contribution in [1.29, 1.82) is 0 Å². The maximum absolute atomic E-state index is 12.7. The topological polar surface area (TPSA) is 90.5 Å². The highest BCUT2D eigenvalue weighted by atomic mass is 16.2. The molecule has 7 heteroatoms. The minimum absolute atomic E-state index is 0.0586. The van der Waals surface area contributed by atoms with Crippen LogP contribution in [0.5, 0.6) is 0 Å². The van der Waals surface area contributed by atoms with Gasteiger partial charge in [0.1, 0.15) is 0 Å². The van der Waals surface area contributed by atoms with Crippen molar-refractivity contribution < 1.29 is 14.4 Å². The Balaban J connectivity index is 1.26. The number of benzene rings is 4. The smallest absolute Gasteiger partial charge is 0.258 e. The van der Waals surface area contributed by atoms with E-state index in [-0.39, 0.29) is 24.3 Å². The Morgan fingerprint density at radius 1 is 0.676 bits per heavy atom. The van der Waals surface area contributed by atoms with Crippen molar-refractivity contribution in [2.75, 3.05) is 34.4 Å². The molecule has 0 atom stereocenters. The summed E-state index contributed by atoms with van der Waals surface area (Å²) in [7, 11) is 1.73. The van der Waals surface area contributed by atoms with E-state index in [0.717, 1.165) is 16.9 Å². The van der Waals surface area contributed by atoms with E-state index >= 15 is 0 Å². The molecule has 0 fully saturated rings. The maximum Gasteiger partial charge on any atom is 0.258 e. The fourth-order valence-electron chi connectivity index (χ4n) is 3.71. The number of carbonyl (C=O) groups is 3. The summed E-state index contributed by atoms with van der Waals surface area (Å²) in [5.41, 5.74) is 4.94. The summed E-state index contributed by atoms with van der Waals surface area (Å²) in [6.07, 6.45) is 0. The Morgan fingerprint density at radius 3 is 1.95 bits per heavy atom. The van der Waals surface area contributed by atoms with Gasteiger partial charge in [-0.25, -0.2) is 0 Å². The number of nitrogens with zero attached hydrogens (tertiary/aromatic N) is 1. The molecule has 3 N–H and O–H groups in total. The van der Waals surface area contributed by atoms with Crippen molar-refractivity contribution in [3.63, 3.8) is 0 Å². The van der Waals surface area contributed by atoms with Crippen LogP contribution in [0.2, 0.25) is 0 Å². The summed E-state index contributed by atoms with van der Waals surface area (Å²) in [5.74, 6) is -0.529. The number of amides is 3. The Bertz CT molecular complexity index is 1380. The molecule has 3 amide bonds. The number of anilines is 4. The first-order valence-corrected chi connectivity index (χ1v) is 11.8. The van der Waals surface area contributed by atoms with E-state index < -0.39 is 0 Å². The monoisotopic (exact) mass is 492 g/mol. The molecule has 37 heavy (non-hydrogen) atoms. The van der Waals surface area contributed by atoms with Gasteiger partial charge in [-0.2, -0.15) is 0 Å². The van der Waals surface area contributed by atoms with Gasteiger partial charge in [-0.15, -0.1) is 0 Å². The summed E-state index contributed by atoms with van der Waals surface area (Å²) < 4.78 is 0. The molecule has 0 bridgehead atoms. The van der Waals surface area contributed by atoms with Crippen LogP contribution >= 0.6 is 0 Å². The average Bonchev–Trinajstić information content (AvgIpc) is 2.93. The SMILES string of the molecule is Cc1cccc(C(=O)Nc2ccc(NC(=O)CNc3ccc(C(=O)N(C)c4ccccc4)cc3)cc2)c1. The molecular formula is C30H28N4O3. The Hall–Kier alpha value is -4.91. The number of carbonyl (C=O) groups excluding carboxylic acids is 3. The van der Waals surface area contributed by atoms with Gasteiger partial charge in [-0.1, -0.05) is 35.9 Å². The quantitative estimate of drug-likeness (QED) is 0.300. The summed E-state index contributed by atoms with van der Waals surface area (Å²) in [4.78, 5) is 39.1. The van der Waals surface area contributed by atoms with Gasteiger partial charge >= 0.3 is 0 Å². The van der Waals surface area contributed by atoms with Crippen molar-refractivity contribution in [2.45, 2.75) is 6.92 Å². The molecule has 0 heterocycles. The number of nitrogens with one attached hydrogen (secondary N) is 3. The fourth-order valence-corrected chi connectivity index (χ4v) is 3.71. The Labute approximate surface area is 216 Å². The summed E-state index contributed by atoms with van der Waals surface area (Å²) in [6, 6.07) is 30.7. The molecular weight excluding hydrogens is 464 g/mol.